The monoisotopic (exact) mass is 474 g/mol. The van der Waals surface area contributed by atoms with Gasteiger partial charge in [0.15, 0.2) is 0 Å². The molecule has 1 aliphatic rings. The summed E-state index contributed by atoms with van der Waals surface area (Å²) in [6.45, 7) is 2.42. The SMILES string of the molecule is COC(=O)[C@H](C)NC(=O)C1CCN(C(=O)/C=C/c2ccc(S(C)=O)c(Cl)c2Cl)CC1. The number of carbonyl (C=O) groups is 3. The molecule has 1 aromatic rings. The number of hydrogen-bond acceptors (Lipinski definition) is 5. The number of piperidine rings is 1. The molecule has 0 aromatic heterocycles. The first-order chi connectivity index (χ1) is 14.1. The van der Waals surface area contributed by atoms with Crippen molar-refractivity contribution >= 4 is 57.9 Å². The summed E-state index contributed by atoms with van der Waals surface area (Å²) < 4.78 is 16.2. The molecule has 10 heteroatoms. The molecule has 1 aliphatic heterocycles. The Morgan fingerprint density at radius 1 is 1.23 bits per heavy atom. The molecule has 1 heterocycles. The van der Waals surface area contributed by atoms with Crippen LogP contribution in [0.15, 0.2) is 23.1 Å². The summed E-state index contributed by atoms with van der Waals surface area (Å²) in [5, 5.41) is 3.08. The summed E-state index contributed by atoms with van der Waals surface area (Å²) in [5.41, 5.74) is 0.551. The highest BCUT2D eigenvalue weighted by molar-refractivity contribution is 7.84. The maximum atomic E-state index is 12.5. The molecule has 1 saturated heterocycles. The van der Waals surface area contributed by atoms with E-state index in [1.54, 1.807) is 30.0 Å². The first-order valence-electron chi connectivity index (χ1n) is 9.32. The summed E-state index contributed by atoms with van der Waals surface area (Å²) in [6.07, 6.45) is 5.48. The standard InChI is InChI=1S/C20H24Cl2N2O5S/c1-12(20(27)29-2)23-19(26)14-8-10-24(11-9-14)16(25)7-5-13-4-6-15(30(3)28)18(22)17(13)21/h4-7,12,14H,8-11H2,1-3H3,(H,23,26)/b7-5+/t12-,30?/m0/s1. The summed E-state index contributed by atoms with van der Waals surface area (Å²) in [5.74, 6) is -1.18. The first-order valence-corrected chi connectivity index (χ1v) is 11.6. The fourth-order valence-corrected chi connectivity index (χ4v) is 4.49. The maximum Gasteiger partial charge on any atom is 0.328 e. The second kappa shape index (κ2) is 10.9. The van der Waals surface area contributed by atoms with Crippen molar-refractivity contribution in [2.75, 3.05) is 26.5 Å². The van der Waals surface area contributed by atoms with Gasteiger partial charge in [-0.3, -0.25) is 13.8 Å². The van der Waals surface area contributed by atoms with Gasteiger partial charge in [-0.2, -0.15) is 0 Å². The number of amides is 2. The molecule has 2 rings (SSSR count). The smallest absolute Gasteiger partial charge is 0.328 e. The summed E-state index contributed by atoms with van der Waals surface area (Å²) in [4.78, 5) is 38.3. The van der Waals surface area contributed by atoms with Crippen LogP contribution in [-0.4, -0.2) is 59.4 Å². The van der Waals surface area contributed by atoms with Crippen molar-refractivity contribution in [2.45, 2.75) is 30.7 Å². The van der Waals surface area contributed by atoms with Crippen molar-refractivity contribution in [3.63, 3.8) is 0 Å². The second-order valence-electron chi connectivity index (χ2n) is 6.92. The molecule has 1 fully saturated rings. The van der Waals surface area contributed by atoms with E-state index in [-0.39, 0.29) is 27.8 Å². The number of hydrogen-bond donors (Lipinski definition) is 1. The number of halogens is 2. The van der Waals surface area contributed by atoms with E-state index >= 15 is 0 Å². The molecule has 30 heavy (non-hydrogen) atoms. The molecule has 0 spiro atoms. The third-order valence-corrected chi connectivity index (χ3v) is 6.85. The molecule has 0 aliphatic carbocycles. The Bertz CT molecular complexity index is 882. The van der Waals surface area contributed by atoms with Crippen molar-refractivity contribution < 1.29 is 23.3 Å². The van der Waals surface area contributed by atoms with E-state index in [2.05, 4.69) is 10.1 Å². The molecule has 0 radical (unpaired) electrons. The molecule has 1 N–H and O–H groups in total. The molecule has 0 bridgehead atoms. The Hall–Kier alpha value is -1.90. The van der Waals surface area contributed by atoms with Gasteiger partial charge in [0.25, 0.3) is 0 Å². The minimum Gasteiger partial charge on any atom is -0.467 e. The van der Waals surface area contributed by atoms with Crippen LogP contribution >= 0.6 is 23.2 Å². The molecule has 1 aromatic carbocycles. The fourth-order valence-electron chi connectivity index (χ4n) is 3.09. The number of benzene rings is 1. The van der Waals surface area contributed by atoms with Crippen LogP contribution in [0.5, 0.6) is 0 Å². The number of esters is 1. The summed E-state index contributed by atoms with van der Waals surface area (Å²) in [7, 11) is 0.00237. The van der Waals surface area contributed by atoms with Crippen LogP contribution in [0.2, 0.25) is 10.0 Å². The highest BCUT2D eigenvalue weighted by Gasteiger charge is 2.28. The Balaban J connectivity index is 1.93. The molecule has 164 valence electrons. The number of ether oxygens (including phenoxy) is 1. The van der Waals surface area contributed by atoms with Crippen LogP contribution in [-0.2, 0) is 29.9 Å². The van der Waals surface area contributed by atoms with Crippen LogP contribution in [0.4, 0.5) is 0 Å². The number of likely N-dealkylation sites (tertiary alicyclic amines) is 1. The Morgan fingerprint density at radius 2 is 1.87 bits per heavy atom. The van der Waals surface area contributed by atoms with E-state index in [0.29, 0.717) is 36.4 Å². The van der Waals surface area contributed by atoms with Gasteiger partial charge in [0.05, 0.1) is 32.9 Å². The van der Waals surface area contributed by atoms with Gasteiger partial charge >= 0.3 is 5.97 Å². The fraction of sp³-hybridized carbons (Fsp3) is 0.450. The van der Waals surface area contributed by atoms with Crippen LogP contribution in [0.25, 0.3) is 6.08 Å². The molecule has 0 saturated carbocycles. The number of nitrogens with one attached hydrogen (secondary N) is 1. The van der Waals surface area contributed by atoms with Crippen molar-refractivity contribution in [3.05, 3.63) is 33.8 Å². The molecule has 1 unspecified atom stereocenters. The van der Waals surface area contributed by atoms with E-state index in [4.69, 9.17) is 23.2 Å². The normalized spacial score (nSPS) is 16.9. The lowest BCUT2D eigenvalue weighted by Crippen LogP contribution is -2.46. The Kier molecular flexibility index (Phi) is 8.88. The molecular formula is C20H24Cl2N2O5S. The van der Waals surface area contributed by atoms with E-state index in [0.717, 1.165) is 0 Å². The average Bonchev–Trinajstić information content (AvgIpc) is 2.73. The van der Waals surface area contributed by atoms with Crippen molar-refractivity contribution in [3.8, 4) is 0 Å². The van der Waals surface area contributed by atoms with Gasteiger partial charge < -0.3 is 15.0 Å². The number of carbonyl (C=O) groups excluding carboxylic acids is 3. The third-order valence-electron chi connectivity index (χ3n) is 4.88. The van der Waals surface area contributed by atoms with Gasteiger partial charge in [-0.05, 0) is 37.5 Å². The van der Waals surface area contributed by atoms with E-state index in [1.165, 1.54) is 19.4 Å². The topological polar surface area (TPSA) is 92.8 Å². The second-order valence-corrected chi connectivity index (χ2v) is 9.03. The van der Waals surface area contributed by atoms with E-state index < -0.39 is 22.8 Å². The number of nitrogens with zero attached hydrogens (tertiary/aromatic N) is 1. The molecule has 2 amide bonds. The zero-order valence-corrected chi connectivity index (χ0v) is 19.3. The third kappa shape index (κ3) is 6.06. The van der Waals surface area contributed by atoms with Crippen molar-refractivity contribution in [1.29, 1.82) is 0 Å². The molecule has 2 atom stereocenters. The van der Waals surface area contributed by atoms with Crippen LogP contribution in [0.1, 0.15) is 25.3 Å². The largest absolute Gasteiger partial charge is 0.467 e. The van der Waals surface area contributed by atoms with Gasteiger partial charge in [0, 0.05) is 31.3 Å². The van der Waals surface area contributed by atoms with Gasteiger partial charge in [-0.15, -0.1) is 0 Å². The zero-order chi connectivity index (χ0) is 22.4. The average molecular weight is 475 g/mol. The van der Waals surface area contributed by atoms with Gasteiger partial charge in [0.1, 0.15) is 6.04 Å². The number of rotatable bonds is 6. The maximum absolute atomic E-state index is 12.5. The van der Waals surface area contributed by atoms with Crippen LogP contribution in [0, 0.1) is 5.92 Å². The summed E-state index contributed by atoms with van der Waals surface area (Å²) >= 11 is 12.4. The Morgan fingerprint density at radius 3 is 2.43 bits per heavy atom. The van der Waals surface area contributed by atoms with Crippen molar-refractivity contribution in [1.82, 2.24) is 10.2 Å². The highest BCUT2D eigenvalue weighted by Crippen LogP contribution is 2.32. The lowest BCUT2D eigenvalue weighted by molar-refractivity contribution is -0.145. The van der Waals surface area contributed by atoms with E-state index in [1.807, 2.05) is 0 Å². The molecular weight excluding hydrogens is 451 g/mol. The minimum atomic E-state index is -1.26. The van der Waals surface area contributed by atoms with Gasteiger partial charge in [0.2, 0.25) is 11.8 Å². The quantitative estimate of drug-likeness (QED) is 0.505. The lowest BCUT2D eigenvalue weighted by Gasteiger charge is -2.31. The zero-order valence-electron chi connectivity index (χ0n) is 16.9. The highest BCUT2D eigenvalue weighted by atomic mass is 35.5. The lowest BCUT2D eigenvalue weighted by atomic mass is 9.95. The minimum absolute atomic E-state index is 0.202. The summed E-state index contributed by atoms with van der Waals surface area (Å²) in [6, 6.07) is 2.57. The molecule has 7 nitrogen and oxygen atoms in total. The van der Waals surface area contributed by atoms with Gasteiger partial charge in [-0.25, -0.2) is 4.79 Å². The van der Waals surface area contributed by atoms with Crippen molar-refractivity contribution in [2.24, 2.45) is 5.92 Å². The predicted molar refractivity (Wildman–Crippen MR) is 117 cm³/mol. The van der Waals surface area contributed by atoms with Crippen LogP contribution < -0.4 is 5.32 Å². The van der Waals surface area contributed by atoms with E-state index in [9.17, 15) is 18.6 Å². The first kappa shape index (κ1) is 24.4. The van der Waals surface area contributed by atoms with Gasteiger partial charge in [-0.1, -0.05) is 29.3 Å². The Labute approximate surface area is 188 Å². The number of methoxy groups -OCH3 is 1. The predicted octanol–water partition coefficient (Wildman–Crippen LogP) is 2.66. The van der Waals surface area contributed by atoms with Crippen LogP contribution in [0.3, 0.4) is 0 Å².